The molecule has 1 aromatic heterocycles. The van der Waals surface area contributed by atoms with Crippen molar-refractivity contribution >= 4 is 11.7 Å². The van der Waals surface area contributed by atoms with Gasteiger partial charge in [0.05, 0.1) is 12.2 Å². The number of piperidine rings is 1. The van der Waals surface area contributed by atoms with Gasteiger partial charge in [0.15, 0.2) is 6.10 Å². The van der Waals surface area contributed by atoms with Crippen molar-refractivity contribution in [1.29, 1.82) is 0 Å². The number of ether oxygens (including phenoxy) is 1. The fourth-order valence-corrected chi connectivity index (χ4v) is 3.62. The number of aromatic nitrogens is 2. The molecule has 26 heavy (non-hydrogen) atoms. The fraction of sp³-hybridized carbons (Fsp3) is 0.500. The molecule has 1 aliphatic rings. The second-order valence-corrected chi connectivity index (χ2v) is 6.75. The quantitative estimate of drug-likeness (QED) is 0.827. The van der Waals surface area contributed by atoms with Gasteiger partial charge < -0.3 is 15.0 Å². The first kappa shape index (κ1) is 18.6. The summed E-state index contributed by atoms with van der Waals surface area (Å²) in [5.74, 6) is 0.561. The Labute approximate surface area is 155 Å². The minimum absolute atomic E-state index is 0.177. The largest absolute Gasteiger partial charge is 0.367 e. The van der Waals surface area contributed by atoms with Crippen LogP contribution in [0, 0.1) is 0 Å². The van der Waals surface area contributed by atoms with Crippen LogP contribution in [0.25, 0.3) is 0 Å². The van der Waals surface area contributed by atoms with Crippen LogP contribution in [-0.2, 0) is 9.53 Å². The van der Waals surface area contributed by atoms with Gasteiger partial charge in [-0.15, -0.1) is 0 Å². The van der Waals surface area contributed by atoms with E-state index >= 15 is 0 Å². The molecule has 0 unspecified atom stereocenters. The third kappa shape index (κ3) is 4.31. The molecule has 0 saturated carbocycles. The van der Waals surface area contributed by atoms with E-state index in [0.717, 1.165) is 43.9 Å². The van der Waals surface area contributed by atoms with Crippen LogP contribution >= 0.6 is 0 Å². The van der Waals surface area contributed by atoms with Crippen molar-refractivity contribution in [2.24, 2.45) is 0 Å². The zero-order valence-corrected chi connectivity index (χ0v) is 15.6. The van der Waals surface area contributed by atoms with E-state index in [1.165, 1.54) is 6.42 Å². The van der Waals surface area contributed by atoms with Crippen LogP contribution in [0.15, 0.2) is 42.6 Å². The average Bonchev–Trinajstić information content (AvgIpc) is 3.12. The number of likely N-dealkylation sites (tertiary alicyclic amines) is 1. The van der Waals surface area contributed by atoms with Crippen LogP contribution < -0.4 is 5.32 Å². The normalized spacial score (nSPS) is 17.2. The molecule has 0 radical (unpaired) electrons. The van der Waals surface area contributed by atoms with Gasteiger partial charge >= 0.3 is 0 Å². The molecule has 1 N–H and O–H groups in total. The van der Waals surface area contributed by atoms with E-state index in [1.54, 1.807) is 13.3 Å². The molecule has 0 aliphatic carbocycles. The Morgan fingerprint density at radius 2 is 2.00 bits per heavy atom. The summed E-state index contributed by atoms with van der Waals surface area (Å²) in [7, 11) is 1.55. The van der Waals surface area contributed by atoms with Gasteiger partial charge in [-0.05, 0) is 31.4 Å². The lowest BCUT2D eigenvalue weighted by Gasteiger charge is -2.32. The Morgan fingerprint density at radius 1 is 1.27 bits per heavy atom. The first-order valence-electron chi connectivity index (χ1n) is 9.37. The van der Waals surface area contributed by atoms with E-state index in [9.17, 15) is 4.79 Å². The Bertz CT molecular complexity index is 693. The van der Waals surface area contributed by atoms with E-state index in [-0.39, 0.29) is 5.91 Å². The minimum Gasteiger partial charge on any atom is -0.367 e. The van der Waals surface area contributed by atoms with E-state index in [2.05, 4.69) is 22.2 Å². The smallest absolute Gasteiger partial charge is 0.259 e. The Balaban J connectivity index is 1.66. The number of hydrogen-bond donors (Lipinski definition) is 1. The minimum atomic E-state index is -0.633. The van der Waals surface area contributed by atoms with Gasteiger partial charge in [-0.25, -0.2) is 4.68 Å². The first-order valence-corrected chi connectivity index (χ1v) is 9.37. The number of nitrogens with zero attached hydrogens (tertiary/aromatic N) is 3. The van der Waals surface area contributed by atoms with Gasteiger partial charge in [-0.2, -0.15) is 5.10 Å². The van der Waals surface area contributed by atoms with Crippen LogP contribution in [0.3, 0.4) is 0 Å². The number of amides is 1. The van der Waals surface area contributed by atoms with Crippen LogP contribution in [-0.4, -0.2) is 47.3 Å². The van der Waals surface area contributed by atoms with Crippen molar-refractivity contribution in [1.82, 2.24) is 14.7 Å². The molecule has 1 fully saturated rings. The standard InChI is InChI=1S/C20H28N4O2/c1-3-13-23-14-10-17(11-15-23)24-18(9-12-21-24)22-20(25)19(26-2)16-7-5-4-6-8-16/h4-9,12,17,19H,3,10-11,13-15H2,1-2H3,(H,22,25)/t19-/m0/s1. The number of rotatable bonds is 7. The third-order valence-electron chi connectivity index (χ3n) is 4.94. The maximum Gasteiger partial charge on any atom is 0.259 e. The molecule has 6 nitrogen and oxygen atoms in total. The summed E-state index contributed by atoms with van der Waals surface area (Å²) in [6.45, 7) is 5.53. The van der Waals surface area contributed by atoms with Crippen LogP contribution in [0.2, 0.25) is 0 Å². The first-order chi connectivity index (χ1) is 12.7. The lowest BCUT2D eigenvalue weighted by atomic mass is 10.1. The summed E-state index contributed by atoms with van der Waals surface area (Å²) < 4.78 is 7.38. The molecule has 1 atom stereocenters. The topological polar surface area (TPSA) is 59.4 Å². The molecule has 3 rings (SSSR count). The molecule has 1 saturated heterocycles. The predicted octanol–water partition coefficient (Wildman–Crippen LogP) is 3.26. The zero-order chi connectivity index (χ0) is 18.4. The molecule has 2 aromatic rings. The molecular weight excluding hydrogens is 328 g/mol. The average molecular weight is 356 g/mol. The molecule has 1 amide bonds. The maximum atomic E-state index is 12.7. The third-order valence-corrected chi connectivity index (χ3v) is 4.94. The highest BCUT2D eigenvalue weighted by atomic mass is 16.5. The van der Waals surface area contributed by atoms with Gasteiger partial charge in [-0.3, -0.25) is 4.79 Å². The number of hydrogen-bond acceptors (Lipinski definition) is 4. The monoisotopic (exact) mass is 356 g/mol. The molecule has 140 valence electrons. The zero-order valence-electron chi connectivity index (χ0n) is 15.6. The highest BCUT2D eigenvalue weighted by Crippen LogP contribution is 2.26. The number of carbonyl (C=O) groups is 1. The number of carbonyl (C=O) groups excluding carboxylic acids is 1. The summed E-state index contributed by atoms with van der Waals surface area (Å²) in [4.78, 5) is 15.2. The van der Waals surface area contributed by atoms with Crippen LogP contribution in [0.1, 0.15) is 43.9 Å². The molecule has 0 bridgehead atoms. The van der Waals surface area contributed by atoms with Crippen LogP contribution in [0.5, 0.6) is 0 Å². The van der Waals surface area contributed by atoms with Gasteiger partial charge in [0.1, 0.15) is 5.82 Å². The summed E-state index contributed by atoms with van der Waals surface area (Å²) in [6, 6.07) is 11.7. The molecule has 1 aromatic carbocycles. The SMILES string of the molecule is CCCN1CCC(n2nccc2NC(=O)[C@@H](OC)c2ccccc2)CC1. The van der Waals surface area contributed by atoms with Crippen molar-refractivity contribution in [3.63, 3.8) is 0 Å². The predicted molar refractivity (Wildman–Crippen MR) is 102 cm³/mol. The number of anilines is 1. The van der Waals surface area contributed by atoms with Gasteiger partial charge in [0.25, 0.3) is 5.91 Å². The Hall–Kier alpha value is -2.18. The fourth-order valence-electron chi connectivity index (χ4n) is 3.62. The molecule has 6 heteroatoms. The van der Waals surface area contributed by atoms with Crippen molar-refractivity contribution in [3.8, 4) is 0 Å². The van der Waals surface area contributed by atoms with Crippen molar-refractivity contribution in [3.05, 3.63) is 48.2 Å². The number of nitrogens with one attached hydrogen (secondary N) is 1. The second kappa shape index (κ2) is 8.96. The Kier molecular flexibility index (Phi) is 6.41. The summed E-state index contributed by atoms with van der Waals surface area (Å²) in [5.41, 5.74) is 0.839. The van der Waals surface area contributed by atoms with Gasteiger partial charge in [0.2, 0.25) is 0 Å². The second-order valence-electron chi connectivity index (χ2n) is 6.75. The van der Waals surface area contributed by atoms with E-state index in [1.807, 2.05) is 41.1 Å². The van der Waals surface area contributed by atoms with Gasteiger partial charge in [0, 0.05) is 26.3 Å². The van der Waals surface area contributed by atoms with E-state index in [0.29, 0.717) is 6.04 Å². The Morgan fingerprint density at radius 3 is 2.65 bits per heavy atom. The van der Waals surface area contributed by atoms with Crippen molar-refractivity contribution in [2.75, 3.05) is 32.1 Å². The summed E-state index contributed by atoms with van der Waals surface area (Å²) in [6.07, 6.45) is 4.41. The number of benzene rings is 1. The summed E-state index contributed by atoms with van der Waals surface area (Å²) >= 11 is 0. The molecule has 0 spiro atoms. The lowest BCUT2D eigenvalue weighted by Crippen LogP contribution is -2.36. The highest BCUT2D eigenvalue weighted by Gasteiger charge is 2.25. The maximum absolute atomic E-state index is 12.7. The van der Waals surface area contributed by atoms with Gasteiger partial charge in [-0.1, -0.05) is 37.3 Å². The van der Waals surface area contributed by atoms with E-state index in [4.69, 9.17) is 4.74 Å². The highest BCUT2D eigenvalue weighted by molar-refractivity contribution is 5.94. The van der Waals surface area contributed by atoms with Crippen molar-refractivity contribution in [2.45, 2.75) is 38.3 Å². The molecule has 1 aliphatic heterocycles. The molecule has 2 heterocycles. The molecular formula is C20H28N4O2. The van der Waals surface area contributed by atoms with Crippen molar-refractivity contribution < 1.29 is 9.53 Å². The van der Waals surface area contributed by atoms with E-state index < -0.39 is 6.10 Å². The van der Waals surface area contributed by atoms with Crippen LogP contribution in [0.4, 0.5) is 5.82 Å². The lowest BCUT2D eigenvalue weighted by molar-refractivity contribution is -0.126. The number of methoxy groups -OCH3 is 1. The summed E-state index contributed by atoms with van der Waals surface area (Å²) in [5, 5.41) is 7.46.